The van der Waals surface area contributed by atoms with E-state index in [0.29, 0.717) is 6.04 Å². The van der Waals surface area contributed by atoms with E-state index in [-0.39, 0.29) is 0 Å². The highest BCUT2D eigenvalue weighted by Crippen LogP contribution is 2.16. The number of hydrogen-bond donors (Lipinski definition) is 2. The Morgan fingerprint density at radius 2 is 1.92 bits per heavy atom. The number of rotatable bonds is 1. The molecule has 0 bridgehead atoms. The molecule has 0 saturated heterocycles. The van der Waals surface area contributed by atoms with Crippen LogP contribution in [0.4, 0.5) is 0 Å². The van der Waals surface area contributed by atoms with Crippen molar-refractivity contribution in [1.29, 1.82) is 0 Å². The Kier molecular flexibility index (Phi) is 3.91. The van der Waals surface area contributed by atoms with E-state index >= 15 is 0 Å². The van der Waals surface area contributed by atoms with Crippen molar-refractivity contribution in [2.24, 2.45) is 4.99 Å². The highest BCUT2D eigenvalue weighted by atomic mass is 15.2. The average Bonchev–Trinajstić information content (AvgIpc) is 2.16. The van der Waals surface area contributed by atoms with Gasteiger partial charge in [-0.05, 0) is 12.8 Å². The average molecular weight is 169 g/mol. The van der Waals surface area contributed by atoms with Crippen molar-refractivity contribution in [2.45, 2.75) is 38.1 Å². The van der Waals surface area contributed by atoms with Gasteiger partial charge in [0.1, 0.15) is 0 Å². The summed E-state index contributed by atoms with van der Waals surface area (Å²) in [4.78, 5) is 4.10. The third kappa shape index (κ3) is 2.72. The largest absolute Gasteiger partial charge is 0.359 e. The molecule has 0 spiro atoms. The van der Waals surface area contributed by atoms with Crippen LogP contribution >= 0.6 is 0 Å². The zero-order chi connectivity index (χ0) is 8.81. The normalized spacial score (nSPS) is 20.7. The molecule has 1 saturated carbocycles. The number of aliphatic imine (C=N–C) groups is 1. The smallest absolute Gasteiger partial charge is 0.190 e. The molecule has 0 aromatic rings. The molecule has 0 aromatic carbocycles. The molecule has 2 N–H and O–H groups in total. The summed E-state index contributed by atoms with van der Waals surface area (Å²) in [6, 6.07) is 0.643. The molecule has 0 amide bonds. The summed E-state index contributed by atoms with van der Waals surface area (Å²) in [7, 11) is 3.71. The molecule has 0 atom stereocenters. The van der Waals surface area contributed by atoms with Gasteiger partial charge in [0.2, 0.25) is 0 Å². The molecule has 3 heteroatoms. The predicted molar refractivity (Wildman–Crippen MR) is 52.4 cm³/mol. The van der Waals surface area contributed by atoms with Crippen LogP contribution in [0.3, 0.4) is 0 Å². The Balaban J connectivity index is 2.28. The second-order valence-electron chi connectivity index (χ2n) is 3.30. The molecule has 0 aliphatic heterocycles. The lowest BCUT2D eigenvalue weighted by Crippen LogP contribution is -2.42. The second kappa shape index (κ2) is 5.01. The number of nitrogens with zero attached hydrogens (tertiary/aromatic N) is 1. The van der Waals surface area contributed by atoms with E-state index < -0.39 is 0 Å². The van der Waals surface area contributed by atoms with Crippen LogP contribution in [0, 0.1) is 0 Å². The van der Waals surface area contributed by atoms with Crippen LogP contribution in [0.25, 0.3) is 0 Å². The zero-order valence-corrected chi connectivity index (χ0v) is 8.06. The summed E-state index contributed by atoms with van der Waals surface area (Å²) in [5.41, 5.74) is 0. The van der Waals surface area contributed by atoms with Gasteiger partial charge < -0.3 is 10.6 Å². The summed E-state index contributed by atoms with van der Waals surface area (Å²) < 4.78 is 0. The monoisotopic (exact) mass is 169 g/mol. The van der Waals surface area contributed by atoms with Gasteiger partial charge in [0.05, 0.1) is 0 Å². The standard InChI is InChI=1S/C9H19N3/c1-10-9(11-2)12-8-6-4-3-5-7-8/h8H,3-7H2,1-2H3,(H2,10,11,12). The van der Waals surface area contributed by atoms with Crippen molar-refractivity contribution in [3.05, 3.63) is 0 Å². The Morgan fingerprint density at radius 3 is 2.42 bits per heavy atom. The van der Waals surface area contributed by atoms with Crippen LogP contribution < -0.4 is 10.6 Å². The van der Waals surface area contributed by atoms with Gasteiger partial charge in [-0.2, -0.15) is 0 Å². The SMILES string of the molecule is CN=C(NC)NC1CCCCC1. The van der Waals surface area contributed by atoms with E-state index in [1.807, 2.05) is 14.1 Å². The maximum atomic E-state index is 4.10. The molecule has 0 aromatic heterocycles. The minimum Gasteiger partial charge on any atom is -0.359 e. The van der Waals surface area contributed by atoms with E-state index in [1.54, 1.807) is 0 Å². The van der Waals surface area contributed by atoms with Gasteiger partial charge >= 0.3 is 0 Å². The lowest BCUT2D eigenvalue weighted by atomic mass is 9.96. The van der Waals surface area contributed by atoms with E-state index in [0.717, 1.165) is 5.96 Å². The van der Waals surface area contributed by atoms with Gasteiger partial charge in [-0.25, -0.2) is 0 Å². The second-order valence-corrected chi connectivity index (χ2v) is 3.30. The van der Waals surface area contributed by atoms with Crippen molar-refractivity contribution in [1.82, 2.24) is 10.6 Å². The van der Waals surface area contributed by atoms with E-state index in [1.165, 1.54) is 32.1 Å². The van der Waals surface area contributed by atoms with Gasteiger partial charge in [0.15, 0.2) is 5.96 Å². The maximum Gasteiger partial charge on any atom is 0.190 e. The van der Waals surface area contributed by atoms with Crippen LogP contribution in [0.5, 0.6) is 0 Å². The highest BCUT2D eigenvalue weighted by molar-refractivity contribution is 5.79. The Hall–Kier alpha value is -0.730. The molecule has 1 rings (SSSR count). The molecule has 0 radical (unpaired) electrons. The first kappa shape index (κ1) is 9.36. The third-order valence-electron chi connectivity index (χ3n) is 2.41. The minimum absolute atomic E-state index is 0.643. The molecule has 0 heterocycles. The number of nitrogens with one attached hydrogen (secondary N) is 2. The molecule has 3 nitrogen and oxygen atoms in total. The third-order valence-corrected chi connectivity index (χ3v) is 2.41. The van der Waals surface area contributed by atoms with Gasteiger partial charge in [0, 0.05) is 20.1 Å². The maximum absolute atomic E-state index is 4.10. The predicted octanol–water partition coefficient (Wildman–Crippen LogP) is 1.11. The lowest BCUT2D eigenvalue weighted by Gasteiger charge is -2.24. The van der Waals surface area contributed by atoms with Gasteiger partial charge in [-0.3, -0.25) is 4.99 Å². The first-order valence-corrected chi connectivity index (χ1v) is 4.78. The number of guanidine groups is 1. The van der Waals surface area contributed by atoms with Crippen molar-refractivity contribution >= 4 is 5.96 Å². The fourth-order valence-corrected chi connectivity index (χ4v) is 1.69. The molecular formula is C9H19N3. The molecule has 70 valence electrons. The topological polar surface area (TPSA) is 36.4 Å². The summed E-state index contributed by atoms with van der Waals surface area (Å²) in [5.74, 6) is 0.918. The summed E-state index contributed by atoms with van der Waals surface area (Å²) in [6.07, 6.45) is 6.70. The molecule has 1 aliphatic rings. The molecule has 12 heavy (non-hydrogen) atoms. The highest BCUT2D eigenvalue weighted by Gasteiger charge is 2.13. The van der Waals surface area contributed by atoms with E-state index in [9.17, 15) is 0 Å². The Labute approximate surface area is 74.6 Å². The Bertz CT molecular complexity index is 148. The first-order valence-electron chi connectivity index (χ1n) is 4.78. The van der Waals surface area contributed by atoms with Crippen molar-refractivity contribution < 1.29 is 0 Å². The van der Waals surface area contributed by atoms with Gasteiger partial charge in [-0.1, -0.05) is 19.3 Å². The molecular weight excluding hydrogens is 150 g/mol. The molecule has 1 fully saturated rings. The first-order chi connectivity index (χ1) is 5.86. The zero-order valence-electron chi connectivity index (χ0n) is 8.06. The van der Waals surface area contributed by atoms with E-state index in [4.69, 9.17) is 0 Å². The molecule has 0 unspecified atom stereocenters. The van der Waals surface area contributed by atoms with Crippen molar-refractivity contribution in [3.63, 3.8) is 0 Å². The van der Waals surface area contributed by atoms with Gasteiger partial charge in [-0.15, -0.1) is 0 Å². The lowest BCUT2D eigenvalue weighted by molar-refractivity contribution is 0.411. The van der Waals surface area contributed by atoms with Crippen LogP contribution in [0.15, 0.2) is 4.99 Å². The minimum atomic E-state index is 0.643. The summed E-state index contributed by atoms with van der Waals surface area (Å²) in [5, 5.41) is 6.43. The quantitative estimate of drug-likeness (QED) is 0.456. The van der Waals surface area contributed by atoms with Crippen LogP contribution in [-0.2, 0) is 0 Å². The van der Waals surface area contributed by atoms with Crippen LogP contribution in [0.2, 0.25) is 0 Å². The fourth-order valence-electron chi connectivity index (χ4n) is 1.69. The Morgan fingerprint density at radius 1 is 1.25 bits per heavy atom. The number of hydrogen-bond acceptors (Lipinski definition) is 1. The van der Waals surface area contributed by atoms with Crippen molar-refractivity contribution in [2.75, 3.05) is 14.1 Å². The van der Waals surface area contributed by atoms with E-state index in [2.05, 4.69) is 15.6 Å². The van der Waals surface area contributed by atoms with Crippen LogP contribution in [0.1, 0.15) is 32.1 Å². The molecule has 1 aliphatic carbocycles. The van der Waals surface area contributed by atoms with Gasteiger partial charge in [0.25, 0.3) is 0 Å². The fraction of sp³-hybridized carbons (Fsp3) is 0.889. The van der Waals surface area contributed by atoms with Crippen molar-refractivity contribution in [3.8, 4) is 0 Å². The van der Waals surface area contributed by atoms with Crippen LogP contribution in [-0.4, -0.2) is 26.1 Å². The summed E-state index contributed by atoms with van der Waals surface area (Å²) >= 11 is 0. The summed E-state index contributed by atoms with van der Waals surface area (Å²) in [6.45, 7) is 0.